The molecule has 60 heavy (non-hydrogen) atoms. The van der Waals surface area contributed by atoms with E-state index >= 15 is 0 Å². The number of hydrogen-bond acceptors (Lipinski definition) is 10. The highest BCUT2D eigenvalue weighted by Gasteiger charge is 2.58. The van der Waals surface area contributed by atoms with Crippen LogP contribution in [0.1, 0.15) is 103 Å². The van der Waals surface area contributed by atoms with Crippen LogP contribution in [0.15, 0.2) is 30.4 Å². The maximum Gasteiger partial charge on any atom is 0.437 e. The summed E-state index contributed by atoms with van der Waals surface area (Å²) in [6.07, 6.45) is -0.00911. The Morgan fingerprint density at radius 1 is 1.10 bits per heavy atom. The fourth-order valence-corrected chi connectivity index (χ4v) is 9.34. The molecule has 0 spiro atoms. The van der Waals surface area contributed by atoms with Gasteiger partial charge < -0.3 is 29.7 Å². The highest BCUT2D eigenvalue weighted by atomic mass is 32.2. The summed E-state index contributed by atoms with van der Waals surface area (Å²) in [5.41, 5.74) is -3.04. The van der Waals surface area contributed by atoms with E-state index in [1.54, 1.807) is 13.0 Å². The summed E-state index contributed by atoms with van der Waals surface area (Å²) in [5, 5.41) is 5.63. The minimum absolute atomic E-state index is 0.00870. The van der Waals surface area contributed by atoms with Crippen LogP contribution in [0, 0.1) is 11.8 Å². The van der Waals surface area contributed by atoms with Crippen molar-refractivity contribution in [3.05, 3.63) is 41.6 Å². The van der Waals surface area contributed by atoms with Crippen molar-refractivity contribution in [3.8, 4) is 11.5 Å². The van der Waals surface area contributed by atoms with Crippen LogP contribution in [0.4, 0.5) is 22.4 Å². The number of rotatable bonds is 11. The Labute approximate surface area is 346 Å². The van der Waals surface area contributed by atoms with Gasteiger partial charge in [-0.25, -0.2) is 22.6 Å². The first-order valence-corrected chi connectivity index (χ1v) is 22.0. The van der Waals surface area contributed by atoms with Crippen molar-refractivity contribution in [2.24, 2.45) is 11.8 Å². The smallest absolute Gasteiger partial charge is 0.437 e. The zero-order valence-corrected chi connectivity index (χ0v) is 35.0. The molecule has 0 radical (unpaired) electrons. The van der Waals surface area contributed by atoms with Gasteiger partial charge in [0.05, 0.1) is 23.4 Å². The maximum atomic E-state index is 14.8. The minimum atomic E-state index is -5.01. The highest BCUT2D eigenvalue weighted by molar-refractivity contribution is 7.91. The molecule has 3 N–H and O–H groups in total. The lowest BCUT2D eigenvalue weighted by Gasteiger charge is -2.47. The third-order valence-electron chi connectivity index (χ3n) is 11.9. The molecule has 1 aromatic heterocycles. The number of pyridine rings is 1. The van der Waals surface area contributed by atoms with Crippen LogP contribution in [-0.2, 0) is 41.7 Å². The first kappa shape index (κ1) is 44.9. The summed E-state index contributed by atoms with van der Waals surface area (Å²) >= 11 is 0. The molecule has 2 aliphatic heterocycles. The largest absolute Gasteiger partial charge is 0.486 e. The lowest BCUT2D eigenvalue weighted by molar-refractivity contribution is -0.145. The quantitative estimate of drug-likeness (QED) is 0.179. The molecule has 1 aromatic carbocycles. The van der Waals surface area contributed by atoms with E-state index in [-0.39, 0.29) is 60.4 Å². The molecule has 2 aliphatic carbocycles. The van der Waals surface area contributed by atoms with Crippen molar-refractivity contribution in [2.75, 3.05) is 20.0 Å². The Hall–Kier alpha value is -4.68. The summed E-state index contributed by atoms with van der Waals surface area (Å²) in [4.78, 5) is 61.3. The molecule has 2 saturated carbocycles. The SMILES string of the molecule is CCc1c(OC2CC3C(=O)NC4(C(=O)NS(=O)(=O)C5(C)CC5)CCC4C=CCCCCCC(NC(=O)OCC(C)C)C(=O)N3C2)c(C(F)(F)F)nc2ccc(OCF)cc12. The van der Waals surface area contributed by atoms with Gasteiger partial charge in [-0.05, 0) is 82.4 Å². The van der Waals surface area contributed by atoms with Crippen LogP contribution >= 0.6 is 0 Å². The Kier molecular flexibility index (Phi) is 13.3. The molecule has 6 rings (SSSR count). The number of carbonyl (C=O) groups excluding carboxylic acids is 4. The van der Waals surface area contributed by atoms with Gasteiger partial charge in [-0.1, -0.05) is 45.8 Å². The number of halogens is 4. The average Bonchev–Trinajstić information content (AvgIpc) is 3.81. The lowest BCUT2D eigenvalue weighted by atomic mass is 9.65. The standard InChI is InChI=1S/C41H53F4N5O9S/c1-5-28-29-19-26(58-23-42)13-14-30(29)46-34(41(43,44)45)33(28)59-27-20-32-35(51)48-40(37(53)49-60(55,56)39(4)17-18-39)16-15-25(40)11-9-7-6-8-10-12-31(36(52)50(32)21-27)47-38(54)57-22-24(2)3/h9,11,13-14,19,24-25,27,31-32H,5-8,10,12,15-18,20-23H2,1-4H3,(H,47,54)(H,48,51)(H,49,53). The maximum absolute atomic E-state index is 14.8. The third-order valence-corrected chi connectivity index (χ3v) is 14.1. The van der Waals surface area contributed by atoms with Crippen LogP contribution in [0.5, 0.6) is 11.5 Å². The van der Waals surface area contributed by atoms with Crippen LogP contribution in [0.3, 0.4) is 0 Å². The second-order valence-corrected chi connectivity index (χ2v) is 19.0. The van der Waals surface area contributed by atoms with E-state index in [9.17, 15) is 45.2 Å². The topological polar surface area (TPSA) is 182 Å². The number of fused-ring (bicyclic) bond motifs is 3. The number of alkyl halides is 4. The Balaban J connectivity index is 1.39. The number of hydrogen-bond donors (Lipinski definition) is 3. The van der Waals surface area contributed by atoms with Crippen molar-refractivity contribution in [2.45, 2.75) is 133 Å². The van der Waals surface area contributed by atoms with Crippen molar-refractivity contribution in [3.63, 3.8) is 0 Å². The van der Waals surface area contributed by atoms with Gasteiger partial charge in [0.25, 0.3) is 5.91 Å². The van der Waals surface area contributed by atoms with Crippen LogP contribution in [0.25, 0.3) is 10.9 Å². The number of aryl methyl sites for hydroxylation is 1. The number of carbonyl (C=O) groups is 4. The first-order chi connectivity index (χ1) is 28.3. The Morgan fingerprint density at radius 3 is 2.48 bits per heavy atom. The van der Waals surface area contributed by atoms with Gasteiger partial charge in [-0.2, -0.15) is 13.2 Å². The number of nitrogens with zero attached hydrogens (tertiary/aromatic N) is 2. The molecule has 14 nitrogen and oxygen atoms in total. The summed E-state index contributed by atoms with van der Waals surface area (Å²) in [7, 11) is -4.13. The zero-order valence-electron chi connectivity index (χ0n) is 34.2. The number of amides is 4. The molecule has 1 saturated heterocycles. The molecule has 4 aliphatic rings. The van der Waals surface area contributed by atoms with E-state index in [2.05, 4.69) is 20.3 Å². The number of nitrogens with one attached hydrogen (secondary N) is 3. The molecule has 3 heterocycles. The number of allylic oxidation sites excluding steroid dienone is 1. The predicted molar refractivity (Wildman–Crippen MR) is 211 cm³/mol. The summed E-state index contributed by atoms with van der Waals surface area (Å²) in [5.74, 6) is -3.71. The molecule has 2 aromatic rings. The van der Waals surface area contributed by atoms with Crippen LogP contribution in [-0.4, -0.2) is 90.6 Å². The number of sulfonamides is 1. The fourth-order valence-electron chi connectivity index (χ4n) is 8.03. The monoisotopic (exact) mass is 867 g/mol. The molecule has 330 valence electrons. The molecule has 3 fully saturated rings. The molecule has 4 amide bonds. The number of ether oxygens (including phenoxy) is 3. The predicted octanol–water partition coefficient (Wildman–Crippen LogP) is 6.00. The van der Waals surface area contributed by atoms with Gasteiger partial charge in [-0.15, -0.1) is 0 Å². The van der Waals surface area contributed by atoms with Gasteiger partial charge in [0, 0.05) is 23.3 Å². The Bertz CT molecular complexity index is 2110. The van der Waals surface area contributed by atoms with E-state index in [4.69, 9.17) is 14.2 Å². The van der Waals surface area contributed by atoms with Crippen molar-refractivity contribution in [1.82, 2.24) is 25.2 Å². The molecular formula is C41H53F4N5O9S. The van der Waals surface area contributed by atoms with Gasteiger partial charge in [0.15, 0.2) is 11.4 Å². The molecule has 5 atom stereocenters. The van der Waals surface area contributed by atoms with Gasteiger partial charge in [0.1, 0.15) is 29.5 Å². The van der Waals surface area contributed by atoms with Crippen LogP contribution in [0.2, 0.25) is 0 Å². The summed E-state index contributed by atoms with van der Waals surface area (Å²) < 4.78 is 101. The average molecular weight is 868 g/mol. The number of alkyl carbamates (subject to hydrolysis) is 1. The van der Waals surface area contributed by atoms with Crippen LogP contribution < -0.4 is 24.8 Å². The first-order valence-electron chi connectivity index (χ1n) is 20.5. The molecule has 0 bridgehead atoms. The van der Waals surface area contributed by atoms with Crippen molar-refractivity contribution in [1.29, 1.82) is 0 Å². The number of benzene rings is 1. The van der Waals surface area contributed by atoms with E-state index in [0.717, 1.165) is 4.90 Å². The van der Waals surface area contributed by atoms with Crippen molar-refractivity contribution < 1.29 is 59.4 Å². The van der Waals surface area contributed by atoms with Gasteiger partial charge in [0.2, 0.25) is 28.7 Å². The summed E-state index contributed by atoms with van der Waals surface area (Å²) in [6, 6.07) is 1.29. The fraction of sp³-hybridized carbons (Fsp3) is 0.634. The van der Waals surface area contributed by atoms with E-state index in [0.29, 0.717) is 44.9 Å². The zero-order chi connectivity index (χ0) is 43.6. The second kappa shape index (κ2) is 17.7. The van der Waals surface area contributed by atoms with E-state index < -0.39 is 99.3 Å². The number of aromatic nitrogens is 1. The molecular weight excluding hydrogens is 815 g/mol. The minimum Gasteiger partial charge on any atom is -0.486 e. The van der Waals surface area contributed by atoms with E-state index in [1.807, 2.05) is 19.9 Å². The summed E-state index contributed by atoms with van der Waals surface area (Å²) in [6.45, 7) is 5.27. The highest BCUT2D eigenvalue weighted by Crippen LogP contribution is 2.46. The molecule has 19 heteroatoms. The lowest BCUT2D eigenvalue weighted by Crippen LogP contribution is -2.70. The van der Waals surface area contributed by atoms with Gasteiger partial charge >= 0.3 is 12.3 Å². The van der Waals surface area contributed by atoms with Crippen molar-refractivity contribution >= 4 is 44.7 Å². The third kappa shape index (κ3) is 9.44. The molecule has 5 unspecified atom stereocenters. The van der Waals surface area contributed by atoms with E-state index in [1.165, 1.54) is 25.1 Å². The second-order valence-electron chi connectivity index (χ2n) is 16.8. The van der Waals surface area contributed by atoms with Gasteiger partial charge in [-0.3, -0.25) is 19.1 Å². The normalized spacial score (nSPS) is 25.9. The Morgan fingerprint density at radius 2 is 1.85 bits per heavy atom.